The summed E-state index contributed by atoms with van der Waals surface area (Å²) in [4.78, 5) is 13.5. The molecule has 29 heavy (non-hydrogen) atoms. The molecular formula is C21H25ClN2O4S. The Hall–Kier alpha value is -1.93. The molecule has 0 aliphatic carbocycles. The topological polar surface area (TPSA) is 66.9 Å². The highest BCUT2D eigenvalue weighted by atomic mass is 35.5. The molecule has 2 aromatic rings. The zero-order valence-corrected chi connectivity index (χ0v) is 18.2. The van der Waals surface area contributed by atoms with Gasteiger partial charge in [0.1, 0.15) is 5.75 Å². The van der Waals surface area contributed by atoms with Crippen LogP contribution in [0.2, 0.25) is 5.02 Å². The predicted molar refractivity (Wildman–Crippen MR) is 113 cm³/mol. The van der Waals surface area contributed by atoms with Crippen molar-refractivity contribution in [2.24, 2.45) is 0 Å². The monoisotopic (exact) mass is 436 g/mol. The molecule has 6 nitrogen and oxygen atoms in total. The fraction of sp³-hybridized carbons (Fsp3) is 0.381. The lowest BCUT2D eigenvalue weighted by atomic mass is 10.1. The standard InChI is InChI=1S/C21H25ClN2O4S/c1-16-3-5-18(6-4-16)15-29(26,27)24-11-9-23(10-12-24)14-19-13-20(22)7-8-21(19)28-17(2)25/h3-8,13H,9-12,14-15H2,1-2H3. The van der Waals surface area contributed by atoms with E-state index in [1.807, 2.05) is 31.2 Å². The van der Waals surface area contributed by atoms with Gasteiger partial charge in [-0.3, -0.25) is 9.69 Å². The minimum Gasteiger partial charge on any atom is -0.426 e. The lowest BCUT2D eigenvalue weighted by Gasteiger charge is -2.34. The molecule has 0 radical (unpaired) electrons. The van der Waals surface area contributed by atoms with Crippen LogP contribution in [-0.4, -0.2) is 49.8 Å². The van der Waals surface area contributed by atoms with Crippen LogP contribution in [0.15, 0.2) is 42.5 Å². The molecule has 2 aromatic carbocycles. The predicted octanol–water partition coefficient (Wildman–Crippen LogP) is 3.22. The lowest BCUT2D eigenvalue weighted by Crippen LogP contribution is -2.48. The minimum absolute atomic E-state index is 0.0121. The maximum atomic E-state index is 12.8. The summed E-state index contributed by atoms with van der Waals surface area (Å²) >= 11 is 6.09. The second-order valence-electron chi connectivity index (χ2n) is 7.26. The van der Waals surface area contributed by atoms with Crippen LogP contribution in [0.25, 0.3) is 0 Å². The maximum absolute atomic E-state index is 12.8. The van der Waals surface area contributed by atoms with E-state index in [0.29, 0.717) is 43.5 Å². The van der Waals surface area contributed by atoms with E-state index in [-0.39, 0.29) is 11.7 Å². The van der Waals surface area contributed by atoms with E-state index >= 15 is 0 Å². The molecule has 1 aliphatic heterocycles. The highest BCUT2D eigenvalue weighted by molar-refractivity contribution is 7.88. The number of piperazine rings is 1. The van der Waals surface area contributed by atoms with E-state index < -0.39 is 10.0 Å². The normalized spacial score (nSPS) is 16.0. The van der Waals surface area contributed by atoms with Gasteiger partial charge >= 0.3 is 5.97 Å². The number of ether oxygens (including phenoxy) is 1. The van der Waals surface area contributed by atoms with Crippen molar-refractivity contribution >= 4 is 27.6 Å². The molecule has 0 spiro atoms. The first kappa shape index (κ1) is 21.8. The third-order valence-corrected chi connectivity index (χ3v) is 6.95. The number of sulfonamides is 1. The van der Waals surface area contributed by atoms with Gasteiger partial charge in [0.2, 0.25) is 10.0 Å². The van der Waals surface area contributed by atoms with E-state index in [9.17, 15) is 13.2 Å². The number of halogens is 1. The second kappa shape index (κ2) is 9.26. The third-order valence-electron chi connectivity index (χ3n) is 4.86. The van der Waals surface area contributed by atoms with Crippen LogP contribution in [0.4, 0.5) is 0 Å². The van der Waals surface area contributed by atoms with E-state index in [1.54, 1.807) is 22.5 Å². The molecular weight excluding hydrogens is 412 g/mol. The van der Waals surface area contributed by atoms with Gasteiger partial charge in [-0.2, -0.15) is 4.31 Å². The lowest BCUT2D eigenvalue weighted by molar-refractivity contribution is -0.131. The molecule has 0 aromatic heterocycles. The molecule has 156 valence electrons. The van der Waals surface area contributed by atoms with Crippen LogP contribution < -0.4 is 4.74 Å². The number of carbonyl (C=O) groups is 1. The quantitative estimate of drug-likeness (QED) is 0.513. The van der Waals surface area contributed by atoms with Gasteiger partial charge < -0.3 is 4.74 Å². The van der Waals surface area contributed by atoms with Gasteiger partial charge in [-0.25, -0.2) is 8.42 Å². The first-order valence-electron chi connectivity index (χ1n) is 9.45. The zero-order valence-electron chi connectivity index (χ0n) is 16.6. The second-order valence-corrected chi connectivity index (χ2v) is 9.67. The van der Waals surface area contributed by atoms with Crippen LogP contribution in [0.5, 0.6) is 5.75 Å². The summed E-state index contributed by atoms with van der Waals surface area (Å²) in [5.74, 6) is 0.106. The zero-order chi connectivity index (χ0) is 21.0. The number of rotatable bonds is 6. The first-order valence-corrected chi connectivity index (χ1v) is 11.4. The average Bonchev–Trinajstić information content (AvgIpc) is 2.66. The number of hydrogen-bond donors (Lipinski definition) is 0. The van der Waals surface area contributed by atoms with Crippen LogP contribution in [0.1, 0.15) is 23.6 Å². The van der Waals surface area contributed by atoms with Crippen molar-refractivity contribution < 1.29 is 17.9 Å². The van der Waals surface area contributed by atoms with Crippen molar-refractivity contribution in [3.63, 3.8) is 0 Å². The molecule has 0 bridgehead atoms. The highest BCUT2D eigenvalue weighted by Crippen LogP contribution is 2.25. The summed E-state index contributed by atoms with van der Waals surface area (Å²) < 4.78 is 32.3. The Balaban J connectivity index is 1.61. The summed E-state index contributed by atoms with van der Waals surface area (Å²) in [5, 5.41) is 0.565. The number of carbonyl (C=O) groups excluding carboxylic acids is 1. The van der Waals surface area contributed by atoms with Gasteiger partial charge in [0.05, 0.1) is 5.75 Å². The molecule has 0 atom stereocenters. The minimum atomic E-state index is -3.36. The summed E-state index contributed by atoms with van der Waals surface area (Å²) in [5.41, 5.74) is 2.71. The fourth-order valence-electron chi connectivity index (χ4n) is 3.32. The number of hydrogen-bond acceptors (Lipinski definition) is 5. The fourth-order valence-corrected chi connectivity index (χ4v) is 5.03. The molecule has 1 heterocycles. The summed E-state index contributed by atoms with van der Waals surface area (Å²) in [6, 6.07) is 12.7. The van der Waals surface area contributed by atoms with Crippen molar-refractivity contribution in [2.75, 3.05) is 26.2 Å². The highest BCUT2D eigenvalue weighted by Gasteiger charge is 2.27. The van der Waals surface area contributed by atoms with Gasteiger partial charge in [0.15, 0.2) is 0 Å². The summed E-state index contributed by atoms with van der Waals surface area (Å²) in [6.07, 6.45) is 0. The third kappa shape index (κ3) is 6.02. The molecule has 3 rings (SSSR count). The Labute approximate surface area is 177 Å². The van der Waals surface area contributed by atoms with Gasteiger partial charge in [-0.1, -0.05) is 41.4 Å². The van der Waals surface area contributed by atoms with Gasteiger partial charge in [-0.05, 0) is 30.7 Å². The molecule has 1 aliphatic rings. The SMILES string of the molecule is CC(=O)Oc1ccc(Cl)cc1CN1CCN(S(=O)(=O)Cc2ccc(C)cc2)CC1. The number of benzene rings is 2. The molecule has 0 unspecified atom stereocenters. The van der Waals surface area contributed by atoms with E-state index in [0.717, 1.165) is 16.7 Å². The Morgan fingerprint density at radius 2 is 1.72 bits per heavy atom. The van der Waals surface area contributed by atoms with Crippen molar-refractivity contribution in [3.05, 3.63) is 64.2 Å². The van der Waals surface area contributed by atoms with Gasteiger partial charge in [-0.15, -0.1) is 0 Å². The van der Waals surface area contributed by atoms with Gasteiger partial charge in [0, 0.05) is 50.2 Å². The molecule has 8 heteroatoms. The van der Waals surface area contributed by atoms with Crippen molar-refractivity contribution in [2.45, 2.75) is 26.1 Å². The molecule has 0 amide bonds. The van der Waals surface area contributed by atoms with Crippen LogP contribution in [0.3, 0.4) is 0 Å². The van der Waals surface area contributed by atoms with Gasteiger partial charge in [0.25, 0.3) is 0 Å². The largest absolute Gasteiger partial charge is 0.426 e. The van der Waals surface area contributed by atoms with E-state index in [4.69, 9.17) is 16.3 Å². The Morgan fingerprint density at radius 1 is 1.07 bits per heavy atom. The van der Waals surface area contributed by atoms with Crippen LogP contribution in [0, 0.1) is 6.92 Å². The van der Waals surface area contributed by atoms with E-state index in [1.165, 1.54) is 6.92 Å². The Kier molecular flexibility index (Phi) is 6.95. The molecule has 1 fully saturated rings. The molecule has 0 saturated carbocycles. The molecule has 0 N–H and O–H groups in total. The van der Waals surface area contributed by atoms with Crippen molar-refractivity contribution in [1.29, 1.82) is 0 Å². The van der Waals surface area contributed by atoms with Crippen LogP contribution >= 0.6 is 11.6 Å². The molecule has 1 saturated heterocycles. The average molecular weight is 437 g/mol. The number of nitrogens with zero attached hydrogens (tertiary/aromatic N) is 2. The number of esters is 1. The Bertz CT molecular complexity index is 969. The smallest absolute Gasteiger partial charge is 0.308 e. The summed E-state index contributed by atoms with van der Waals surface area (Å²) in [7, 11) is -3.36. The maximum Gasteiger partial charge on any atom is 0.308 e. The van der Waals surface area contributed by atoms with E-state index in [2.05, 4.69) is 4.90 Å². The summed E-state index contributed by atoms with van der Waals surface area (Å²) in [6.45, 7) is 5.92. The number of aryl methyl sites for hydroxylation is 1. The first-order chi connectivity index (χ1) is 13.7. The van der Waals surface area contributed by atoms with Crippen molar-refractivity contribution in [3.8, 4) is 5.75 Å². The van der Waals surface area contributed by atoms with Crippen molar-refractivity contribution in [1.82, 2.24) is 9.21 Å². The van der Waals surface area contributed by atoms with Crippen LogP contribution in [-0.2, 0) is 27.1 Å². The Morgan fingerprint density at radius 3 is 2.34 bits per heavy atom.